The van der Waals surface area contributed by atoms with E-state index in [1.54, 1.807) is 0 Å². The van der Waals surface area contributed by atoms with Crippen molar-refractivity contribution in [3.8, 4) is 0 Å². The van der Waals surface area contributed by atoms with E-state index in [9.17, 15) is 0 Å². The highest BCUT2D eigenvalue weighted by molar-refractivity contribution is 4.96. The van der Waals surface area contributed by atoms with Crippen LogP contribution in [0.15, 0.2) is 24.8 Å². The zero-order valence-corrected chi connectivity index (χ0v) is 9.42. The van der Waals surface area contributed by atoms with Crippen molar-refractivity contribution in [3.05, 3.63) is 24.8 Å². The Morgan fingerprint density at radius 1 is 1.29 bits per heavy atom. The van der Waals surface area contributed by atoms with E-state index in [-0.39, 0.29) is 6.29 Å². The third-order valence-corrected chi connectivity index (χ3v) is 1.86. The van der Waals surface area contributed by atoms with Gasteiger partial charge in [0.15, 0.2) is 6.29 Å². The Hall–Kier alpha value is -0.600. The summed E-state index contributed by atoms with van der Waals surface area (Å²) in [4.78, 5) is 0. The van der Waals surface area contributed by atoms with Crippen molar-refractivity contribution in [1.82, 2.24) is 0 Å². The van der Waals surface area contributed by atoms with Gasteiger partial charge in [0.25, 0.3) is 0 Å². The molecule has 0 aliphatic rings. The van der Waals surface area contributed by atoms with Gasteiger partial charge in [-0.3, -0.25) is 0 Å². The summed E-state index contributed by atoms with van der Waals surface area (Å²) in [5.41, 5.74) is 1.16. The molecule has 0 aliphatic carbocycles. The first kappa shape index (κ1) is 13.4. The average molecular weight is 198 g/mol. The lowest BCUT2D eigenvalue weighted by atomic mass is 10.1. The number of hydrogen-bond acceptors (Lipinski definition) is 2. The molecule has 0 saturated heterocycles. The van der Waals surface area contributed by atoms with E-state index in [0.29, 0.717) is 13.2 Å². The van der Waals surface area contributed by atoms with Gasteiger partial charge < -0.3 is 9.47 Å². The lowest BCUT2D eigenvalue weighted by molar-refractivity contribution is -0.134. The fraction of sp³-hybridized carbons (Fsp3) is 0.667. The van der Waals surface area contributed by atoms with Crippen LogP contribution in [0, 0.1) is 0 Å². The molecule has 0 saturated carbocycles. The number of hydrogen-bond donors (Lipinski definition) is 0. The zero-order valence-electron chi connectivity index (χ0n) is 9.42. The summed E-state index contributed by atoms with van der Waals surface area (Å²) in [6.45, 7) is 13.0. The molecule has 0 rings (SSSR count). The van der Waals surface area contributed by atoms with Crippen LogP contribution >= 0.6 is 0 Å². The minimum Gasteiger partial charge on any atom is -0.353 e. The SMILES string of the molecule is C=CCCC(=C)CC(OCC)OCC. The van der Waals surface area contributed by atoms with Gasteiger partial charge in [0.05, 0.1) is 0 Å². The van der Waals surface area contributed by atoms with Gasteiger partial charge in [-0.2, -0.15) is 0 Å². The van der Waals surface area contributed by atoms with E-state index in [0.717, 1.165) is 24.8 Å². The van der Waals surface area contributed by atoms with Crippen LogP contribution in [-0.4, -0.2) is 19.5 Å². The van der Waals surface area contributed by atoms with Gasteiger partial charge in [-0.05, 0) is 26.7 Å². The molecule has 14 heavy (non-hydrogen) atoms. The summed E-state index contributed by atoms with van der Waals surface area (Å²) in [6.07, 6.45) is 4.52. The highest BCUT2D eigenvalue weighted by Gasteiger charge is 2.08. The standard InChI is InChI=1S/C12H22O2/c1-5-8-9-11(4)10-12(13-6-2)14-7-3/h5,12H,1,4,6-10H2,2-3H3. The highest BCUT2D eigenvalue weighted by atomic mass is 16.7. The molecule has 0 aliphatic heterocycles. The summed E-state index contributed by atoms with van der Waals surface area (Å²) in [6, 6.07) is 0. The monoisotopic (exact) mass is 198 g/mol. The second-order valence-electron chi connectivity index (χ2n) is 3.12. The van der Waals surface area contributed by atoms with Crippen molar-refractivity contribution in [2.75, 3.05) is 13.2 Å². The van der Waals surface area contributed by atoms with Crippen LogP contribution in [0.4, 0.5) is 0 Å². The van der Waals surface area contributed by atoms with Gasteiger partial charge in [-0.25, -0.2) is 0 Å². The summed E-state index contributed by atoms with van der Waals surface area (Å²) < 4.78 is 10.8. The first-order valence-corrected chi connectivity index (χ1v) is 5.25. The van der Waals surface area contributed by atoms with Crippen LogP contribution in [-0.2, 0) is 9.47 Å². The summed E-state index contributed by atoms with van der Waals surface area (Å²) in [5.74, 6) is 0. The van der Waals surface area contributed by atoms with Crippen LogP contribution in [0.2, 0.25) is 0 Å². The molecule has 0 aromatic heterocycles. The normalized spacial score (nSPS) is 10.5. The predicted molar refractivity (Wildman–Crippen MR) is 60.2 cm³/mol. The third-order valence-electron chi connectivity index (χ3n) is 1.86. The lowest BCUT2D eigenvalue weighted by Crippen LogP contribution is -2.17. The van der Waals surface area contributed by atoms with Crippen LogP contribution in [0.5, 0.6) is 0 Å². The number of rotatable bonds is 9. The summed E-state index contributed by atoms with van der Waals surface area (Å²) in [5, 5.41) is 0. The first-order valence-electron chi connectivity index (χ1n) is 5.25. The van der Waals surface area contributed by atoms with E-state index in [2.05, 4.69) is 13.2 Å². The largest absolute Gasteiger partial charge is 0.353 e. The molecular weight excluding hydrogens is 176 g/mol. The molecule has 0 heterocycles. The first-order chi connectivity index (χ1) is 6.74. The Morgan fingerprint density at radius 3 is 2.29 bits per heavy atom. The van der Waals surface area contributed by atoms with Gasteiger partial charge in [0, 0.05) is 19.6 Å². The molecule has 0 unspecified atom stereocenters. The zero-order chi connectivity index (χ0) is 10.8. The second-order valence-corrected chi connectivity index (χ2v) is 3.12. The Kier molecular flexibility index (Phi) is 8.59. The van der Waals surface area contributed by atoms with Crippen LogP contribution in [0.1, 0.15) is 33.1 Å². The smallest absolute Gasteiger partial charge is 0.161 e. The molecule has 0 radical (unpaired) electrons. The Labute approximate surface area is 87.6 Å². The van der Waals surface area contributed by atoms with Gasteiger partial charge in [-0.15, -0.1) is 6.58 Å². The van der Waals surface area contributed by atoms with Crippen LogP contribution in [0.25, 0.3) is 0 Å². The Balaban J connectivity index is 3.76. The summed E-state index contributed by atoms with van der Waals surface area (Å²) in [7, 11) is 0. The van der Waals surface area contributed by atoms with Gasteiger partial charge >= 0.3 is 0 Å². The number of ether oxygens (including phenoxy) is 2. The quantitative estimate of drug-likeness (QED) is 0.418. The number of allylic oxidation sites excluding steroid dienone is 1. The van der Waals surface area contributed by atoms with E-state index in [1.165, 1.54) is 0 Å². The molecule has 2 nitrogen and oxygen atoms in total. The predicted octanol–water partition coefficient (Wildman–Crippen LogP) is 3.30. The highest BCUT2D eigenvalue weighted by Crippen LogP contribution is 2.13. The van der Waals surface area contributed by atoms with Crippen molar-refractivity contribution in [2.24, 2.45) is 0 Å². The Morgan fingerprint density at radius 2 is 1.86 bits per heavy atom. The third kappa shape index (κ3) is 6.87. The molecule has 0 aromatic carbocycles. The van der Waals surface area contributed by atoms with E-state index in [4.69, 9.17) is 9.47 Å². The fourth-order valence-corrected chi connectivity index (χ4v) is 1.18. The molecular formula is C12H22O2. The molecule has 0 aromatic rings. The van der Waals surface area contributed by atoms with Gasteiger partial charge in [0.1, 0.15) is 0 Å². The van der Waals surface area contributed by atoms with Gasteiger partial charge in [0.2, 0.25) is 0 Å². The van der Waals surface area contributed by atoms with Crippen molar-refractivity contribution in [1.29, 1.82) is 0 Å². The maximum Gasteiger partial charge on any atom is 0.161 e. The molecule has 2 heteroatoms. The average Bonchev–Trinajstić information content (AvgIpc) is 2.15. The minimum absolute atomic E-state index is 0.123. The molecule has 0 atom stereocenters. The van der Waals surface area contributed by atoms with E-state index < -0.39 is 0 Å². The maximum atomic E-state index is 5.42. The summed E-state index contributed by atoms with van der Waals surface area (Å²) >= 11 is 0. The molecule has 0 N–H and O–H groups in total. The van der Waals surface area contributed by atoms with Crippen molar-refractivity contribution in [2.45, 2.75) is 39.4 Å². The molecule has 0 spiro atoms. The van der Waals surface area contributed by atoms with Crippen molar-refractivity contribution >= 4 is 0 Å². The Bertz CT molecular complexity index is 158. The van der Waals surface area contributed by atoms with Crippen molar-refractivity contribution in [3.63, 3.8) is 0 Å². The second kappa shape index (κ2) is 8.97. The molecule has 0 fully saturated rings. The lowest BCUT2D eigenvalue weighted by Gasteiger charge is -2.17. The molecule has 0 amide bonds. The van der Waals surface area contributed by atoms with E-state index in [1.807, 2.05) is 19.9 Å². The van der Waals surface area contributed by atoms with Crippen LogP contribution in [0.3, 0.4) is 0 Å². The molecule has 82 valence electrons. The van der Waals surface area contributed by atoms with Crippen molar-refractivity contribution < 1.29 is 9.47 Å². The van der Waals surface area contributed by atoms with Crippen LogP contribution < -0.4 is 0 Å². The maximum absolute atomic E-state index is 5.42. The fourth-order valence-electron chi connectivity index (χ4n) is 1.18. The molecule has 0 bridgehead atoms. The topological polar surface area (TPSA) is 18.5 Å². The van der Waals surface area contributed by atoms with Gasteiger partial charge in [-0.1, -0.05) is 18.2 Å². The minimum atomic E-state index is -0.123. The van der Waals surface area contributed by atoms with E-state index >= 15 is 0 Å².